The molecule has 1 fully saturated rings. The number of hydrogen-bond acceptors (Lipinski definition) is 4. The molecule has 1 aliphatic rings. The summed E-state index contributed by atoms with van der Waals surface area (Å²) in [4.78, 5) is 13.5. The molecule has 4 nitrogen and oxygen atoms in total. The number of aliphatic hydroxyl groups is 1. The Kier molecular flexibility index (Phi) is 4.11. The van der Waals surface area contributed by atoms with Crippen molar-refractivity contribution in [2.24, 2.45) is 0 Å². The standard InChI is InChI=1S/C11H21NO3/c1-11(2,3)15-10(14)7-12-6-4-5-9(12)8-13/h9,13H,4-8H2,1-3H3/t9-/m0/s1. The molecule has 88 valence electrons. The molecule has 4 heteroatoms. The summed E-state index contributed by atoms with van der Waals surface area (Å²) < 4.78 is 5.23. The van der Waals surface area contributed by atoms with Gasteiger partial charge in [0.2, 0.25) is 0 Å². The van der Waals surface area contributed by atoms with Crippen LogP contribution in [0.1, 0.15) is 33.6 Å². The average molecular weight is 215 g/mol. The van der Waals surface area contributed by atoms with E-state index >= 15 is 0 Å². The predicted octanol–water partition coefficient (Wildman–Crippen LogP) is 0.785. The molecule has 0 unspecified atom stereocenters. The molecule has 0 aromatic heterocycles. The number of rotatable bonds is 3. The predicted molar refractivity (Wildman–Crippen MR) is 57.5 cm³/mol. The van der Waals surface area contributed by atoms with Gasteiger partial charge in [-0.25, -0.2) is 0 Å². The van der Waals surface area contributed by atoms with Crippen molar-refractivity contribution in [3.8, 4) is 0 Å². The van der Waals surface area contributed by atoms with E-state index < -0.39 is 5.60 Å². The zero-order chi connectivity index (χ0) is 11.5. The van der Waals surface area contributed by atoms with Crippen LogP contribution >= 0.6 is 0 Å². The van der Waals surface area contributed by atoms with E-state index in [9.17, 15) is 4.79 Å². The second kappa shape index (κ2) is 4.94. The largest absolute Gasteiger partial charge is 0.459 e. The number of nitrogens with zero attached hydrogens (tertiary/aromatic N) is 1. The number of carbonyl (C=O) groups excluding carboxylic acids is 1. The van der Waals surface area contributed by atoms with Gasteiger partial charge in [0, 0.05) is 6.04 Å². The van der Waals surface area contributed by atoms with Crippen LogP contribution in [0.15, 0.2) is 0 Å². The molecule has 0 amide bonds. The number of carbonyl (C=O) groups is 1. The Morgan fingerprint density at radius 2 is 2.20 bits per heavy atom. The third-order valence-corrected chi connectivity index (χ3v) is 2.46. The fraction of sp³-hybridized carbons (Fsp3) is 0.909. The molecular weight excluding hydrogens is 194 g/mol. The van der Waals surface area contributed by atoms with Gasteiger partial charge in [-0.1, -0.05) is 0 Å². The zero-order valence-corrected chi connectivity index (χ0v) is 9.82. The van der Waals surface area contributed by atoms with Crippen molar-refractivity contribution >= 4 is 5.97 Å². The van der Waals surface area contributed by atoms with Crippen LogP contribution in [0.2, 0.25) is 0 Å². The first-order valence-corrected chi connectivity index (χ1v) is 5.49. The van der Waals surface area contributed by atoms with Crippen LogP contribution in [-0.2, 0) is 9.53 Å². The molecule has 0 aliphatic carbocycles. The molecule has 1 N–H and O–H groups in total. The fourth-order valence-electron chi connectivity index (χ4n) is 1.85. The minimum Gasteiger partial charge on any atom is -0.459 e. The molecule has 1 rings (SSSR count). The lowest BCUT2D eigenvalue weighted by Crippen LogP contribution is -2.39. The van der Waals surface area contributed by atoms with Crippen molar-refractivity contribution in [1.82, 2.24) is 4.90 Å². The van der Waals surface area contributed by atoms with E-state index in [1.54, 1.807) is 0 Å². The summed E-state index contributed by atoms with van der Waals surface area (Å²) >= 11 is 0. The van der Waals surface area contributed by atoms with Crippen molar-refractivity contribution in [1.29, 1.82) is 0 Å². The summed E-state index contributed by atoms with van der Waals surface area (Å²) in [7, 11) is 0. The van der Waals surface area contributed by atoms with Crippen molar-refractivity contribution in [3.63, 3.8) is 0 Å². The van der Waals surface area contributed by atoms with E-state index in [2.05, 4.69) is 0 Å². The van der Waals surface area contributed by atoms with Gasteiger partial charge in [0.1, 0.15) is 5.60 Å². The summed E-state index contributed by atoms with van der Waals surface area (Å²) in [6.07, 6.45) is 2.02. The molecule has 1 aliphatic heterocycles. The van der Waals surface area contributed by atoms with Gasteiger partial charge in [-0.05, 0) is 40.2 Å². The van der Waals surface area contributed by atoms with Crippen LogP contribution in [0.25, 0.3) is 0 Å². The monoisotopic (exact) mass is 215 g/mol. The molecule has 0 radical (unpaired) electrons. The van der Waals surface area contributed by atoms with E-state index in [4.69, 9.17) is 9.84 Å². The number of hydrogen-bond donors (Lipinski definition) is 1. The first kappa shape index (κ1) is 12.5. The van der Waals surface area contributed by atoms with Gasteiger partial charge in [-0.3, -0.25) is 9.69 Å². The Balaban J connectivity index is 2.37. The van der Waals surface area contributed by atoms with Gasteiger partial charge < -0.3 is 9.84 Å². The molecule has 0 bridgehead atoms. The summed E-state index contributed by atoms with van der Waals surface area (Å²) in [6, 6.07) is 0.137. The van der Waals surface area contributed by atoms with Gasteiger partial charge in [0.15, 0.2) is 0 Å². The molecule has 1 saturated heterocycles. The summed E-state index contributed by atoms with van der Waals surface area (Å²) in [5.74, 6) is -0.206. The van der Waals surface area contributed by atoms with E-state index in [0.717, 1.165) is 19.4 Å². The van der Waals surface area contributed by atoms with Crippen LogP contribution in [0.5, 0.6) is 0 Å². The first-order chi connectivity index (χ1) is 6.92. The highest BCUT2D eigenvalue weighted by Crippen LogP contribution is 2.17. The molecule has 1 atom stereocenters. The molecular formula is C11H21NO3. The molecule has 1 heterocycles. The highest BCUT2D eigenvalue weighted by molar-refractivity contribution is 5.72. The number of aliphatic hydroxyl groups excluding tert-OH is 1. The normalized spacial score (nSPS) is 23.1. The maximum atomic E-state index is 11.5. The van der Waals surface area contributed by atoms with Crippen molar-refractivity contribution in [3.05, 3.63) is 0 Å². The van der Waals surface area contributed by atoms with Gasteiger partial charge in [0.25, 0.3) is 0 Å². The molecule has 15 heavy (non-hydrogen) atoms. The Morgan fingerprint density at radius 1 is 1.53 bits per heavy atom. The number of ether oxygens (including phenoxy) is 1. The van der Waals surface area contributed by atoms with Crippen LogP contribution in [0, 0.1) is 0 Å². The quantitative estimate of drug-likeness (QED) is 0.707. The summed E-state index contributed by atoms with van der Waals surface area (Å²) in [6.45, 7) is 6.88. The Bertz CT molecular complexity index is 222. The lowest BCUT2D eigenvalue weighted by Gasteiger charge is -2.25. The minimum atomic E-state index is -0.425. The van der Waals surface area contributed by atoms with Crippen LogP contribution in [-0.4, -0.2) is 47.3 Å². The highest BCUT2D eigenvalue weighted by atomic mass is 16.6. The average Bonchev–Trinajstić information content (AvgIpc) is 2.48. The third kappa shape index (κ3) is 4.18. The maximum absolute atomic E-state index is 11.5. The Hall–Kier alpha value is -0.610. The van der Waals surface area contributed by atoms with E-state index in [-0.39, 0.29) is 18.6 Å². The van der Waals surface area contributed by atoms with Gasteiger partial charge in [0.05, 0.1) is 13.2 Å². The maximum Gasteiger partial charge on any atom is 0.320 e. The van der Waals surface area contributed by atoms with E-state index in [1.807, 2.05) is 25.7 Å². The van der Waals surface area contributed by atoms with Crippen molar-refractivity contribution in [2.45, 2.75) is 45.3 Å². The van der Waals surface area contributed by atoms with Gasteiger partial charge in [-0.2, -0.15) is 0 Å². The zero-order valence-electron chi connectivity index (χ0n) is 9.82. The van der Waals surface area contributed by atoms with Crippen LogP contribution in [0.3, 0.4) is 0 Å². The SMILES string of the molecule is CC(C)(C)OC(=O)CN1CCC[C@H]1CO. The summed E-state index contributed by atoms with van der Waals surface area (Å²) in [5.41, 5.74) is -0.425. The Morgan fingerprint density at radius 3 is 2.73 bits per heavy atom. The smallest absolute Gasteiger partial charge is 0.320 e. The Labute approximate surface area is 91.2 Å². The summed E-state index contributed by atoms with van der Waals surface area (Å²) in [5, 5.41) is 9.09. The van der Waals surface area contributed by atoms with Crippen LogP contribution < -0.4 is 0 Å². The lowest BCUT2D eigenvalue weighted by atomic mass is 10.2. The topological polar surface area (TPSA) is 49.8 Å². The fourth-order valence-corrected chi connectivity index (χ4v) is 1.85. The van der Waals surface area contributed by atoms with E-state index in [0.29, 0.717) is 6.54 Å². The highest BCUT2D eigenvalue weighted by Gasteiger charge is 2.27. The molecule has 0 spiro atoms. The van der Waals surface area contributed by atoms with Crippen molar-refractivity contribution < 1.29 is 14.6 Å². The van der Waals surface area contributed by atoms with Gasteiger partial charge >= 0.3 is 5.97 Å². The number of likely N-dealkylation sites (tertiary alicyclic amines) is 1. The third-order valence-electron chi connectivity index (χ3n) is 2.46. The van der Waals surface area contributed by atoms with Crippen LogP contribution in [0.4, 0.5) is 0 Å². The van der Waals surface area contributed by atoms with E-state index in [1.165, 1.54) is 0 Å². The second-order valence-corrected chi connectivity index (χ2v) is 5.04. The minimum absolute atomic E-state index is 0.128. The molecule has 0 aromatic rings. The number of esters is 1. The van der Waals surface area contributed by atoms with Crippen molar-refractivity contribution in [2.75, 3.05) is 19.7 Å². The first-order valence-electron chi connectivity index (χ1n) is 5.49. The molecule has 0 aromatic carbocycles. The lowest BCUT2D eigenvalue weighted by molar-refractivity contribution is -0.156. The second-order valence-electron chi connectivity index (χ2n) is 5.04. The van der Waals surface area contributed by atoms with Gasteiger partial charge in [-0.15, -0.1) is 0 Å². The molecule has 0 saturated carbocycles.